The molecule has 1 aromatic carbocycles. The Morgan fingerprint density at radius 2 is 2.20 bits per heavy atom. The molecule has 0 fully saturated rings. The van der Waals surface area contributed by atoms with Gasteiger partial charge in [-0.25, -0.2) is 4.99 Å². The van der Waals surface area contributed by atoms with Gasteiger partial charge in [-0.3, -0.25) is 0 Å². The van der Waals surface area contributed by atoms with Gasteiger partial charge >= 0.3 is 0 Å². The van der Waals surface area contributed by atoms with Crippen molar-refractivity contribution >= 4 is 11.5 Å². The Balaban J connectivity index is 2.86. The normalized spacial score (nSPS) is 12.1. The van der Waals surface area contributed by atoms with Gasteiger partial charge in [-0.15, -0.1) is 0 Å². The van der Waals surface area contributed by atoms with Crippen LogP contribution in [-0.4, -0.2) is 12.9 Å². The molecule has 1 rings (SSSR count). The summed E-state index contributed by atoms with van der Waals surface area (Å²) >= 11 is 0. The number of amidine groups is 1. The van der Waals surface area contributed by atoms with E-state index in [1.807, 2.05) is 38.1 Å². The summed E-state index contributed by atoms with van der Waals surface area (Å²) in [6.07, 6.45) is 0. The summed E-state index contributed by atoms with van der Waals surface area (Å²) in [6.45, 7) is 4.65. The summed E-state index contributed by atoms with van der Waals surface area (Å²) in [6, 6.07) is 7.89. The lowest BCUT2D eigenvalue weighted by Gasteiger charge is -2.05. The van der Waals surface area contributed by atoms with Crippen LogP contribution in [0.25, 0.3) is 0 Å². The van der Waals surface area contributed by atoms with E-state index in [0.29, 0.717) is 12.4 Å². The molecular weight excluding hydrogens is 188 g/mol. The number of hydrogen-bond donors (Lipinski definition) is 1. The van der Waals surface area contributed by atoms with Gasteiger partial charge in [0.25, 0.3) is 0 Å². The Hall–Kier alpha value is -1.35. The average molecular weight is 206 g/mol. The highest BCUT2D eigenvalue weighted by Gasteiger charge is 2.00. The molecule has 3 nitrogen and oxygen atoms in total. The number of methoxy groups -OCH3 is 1. The molecule has 0 bridgehead atoms. The molecule has 0 unspecified atom stereocenters. The van der Waals surface area contributed by atoms with E-state index in [-0.39, 0.29) is 5.92 Å². The summed E-state index contributed by atoms with van der Waals surface area (Å²) in [5, 5.41) is 0. The van der Waals surface area contributed by atoms with Crippen LogP contribution in [0.3, 0.4) is 0 Å². The summed E-state index contributed by atoms with van der Waals surface area (Å²) in [7, 11) is 1.68. The highest BCUT2D eigenvalue weighted by atomic mass is 16.5. The number of aliphatic imine (C=N–C) groups is 1. The second kappa shape index (κ2) is 5.51. The molecule has 0 aliphatic rings. The molecule has 0 saturated carbocycles. The van der Waals surface area contributed by atoms with Crippen molar-refractivity contribution in [2.24, 2.45) is 16.6 Å². The van der Waals surface area contributed by atoms with Gasteiger partial charge in [0.2, 0.25) is 0 Å². The molecule has 82 valence electrons. The average Bonchev–Trinajstić information content (AvgIpc) is 2.18. The van der Waals surface area contributed by atoms with E-state index in [0.717, 1.165) is 11.3 Å². The van der Waals surface area contributed by atoms with Crippen molar-refractivity contribution < 1.29 is 4.74 Å². The Labute approximate surface area is 91.0 Å². The van der Waals surface area contributed by atoms with Crippen molar-refractivity contribution in [2.45, 2.75) is 20.5 Å². The van der Waals surface area contributed by atoms with Crippen LogP contribution < -0.4 is 5.73 Å². The van der Waals surface area contributed by atoms with Gasteiger partial charge in [0, 0.05) is 13.0 Å². The van der Waals surface area contributed by atoms with Gasteiger partial charge in [-0.1, -0.05) is 26.0 Å². The molecule has 0 atom stereocenters. The fourth-order valence-corrected chi connectivity index (χ4v) is 1.16. The first-order chi connectivity index (χ1) is 7.13. The highest BCUT2D eigenvalue weighted by Crippen LogP contribution is 2.15. The maximum Gasteiger partial charge on any atom is 0.102 e. The first kappa shape index (κ1) is 11.7. The quantitative estimate of drug-likeness (QED) is 0.607. The summed E-state index contributed by atoms with van der Waals surface area (Å²) in [5.41, 5.74) is 7.78. The third-order valence-electron chi connectivity index (χ3n) is 2.07. The maximum atomic E-state index is 5.79. The van der Waals surface area contributed by atoms with E-state index in [2.05, 4.69) is 4.99 Å². The molecule has 0 amide bonds. The second-order valence-corrected chi connectivity index (χ2v) is 3.79. The van der Waals surface area contributed by atoms with Crippen LogP contribution in [-0.2, 0) is 11.3 Å². The highest BCUT2D eigenvalue weighted by molar-refractivity contribution is 5.84. The number of nitrogens with two attached hydrogens (primary N) is 1. The lowest BCUT2D eigenvalue weighted by atomic mass is 10.2. The molecule has 2 N–H and O–H groups in total. The predicted molar refractivity (Wildman–Crippen MR) is 63.3 cm³/mol. The van der Waals surface area contributed by atoms with E-state index in [4.69, 9.17) is 10.5 Å². The zero-order chi connectivity index (χ0) is 11.3. The zero-order valence-electron chi connectivity index (χ0n) is 9.53. The first-order valence-corrected chi connectivity index (χ1v) is 5.05. The van der Waals surface area contributed by atoms with Gasteiger partial charge in [0.05, 0.1) is 12.3 Å². The summed E-state index contributed by atoms with van der Waals surface area (Å²) in [4.78, 5) is 4.34. The monoisotopic (exact) mass is 206 g/mol. The topological polar surface area (TPSA) is 47.6 Å². The second-order valence-electron chi connectivity index (χ2n) is 3.79. The fraction of sp³-hybridized carbons (Fsp3) is 0.417. The molecule has 0 radical (unpaired) electrons. The van der Waals surface area contributed by atoms with Crippen LogP contribution in [0.2, 0.25) is 0 Å². The smallest absolute Gasteiger partial charge is 0.102 e. The minimum absolute atomic E-state index is 0.274. The Morgan fingerprint density at radius 1 is 1.47 bits per heavy atom. The van der Waals surface area contributed by atoms with Crippen LogP contribution >= 0.6 is 0 Å². The van der Waals surface area contributed by atoms with Crippen LogP contribution in [0.1, 0.15) is 19.4 Å². The molecule has 0 heterocycles. The van der Waals surface area contributed by atoms with Crippen LogP contribution in [0.5, 0.6) is 0 Å². The van der Waals surface area contributed by atoms with E-state index in [9.17, 15) is 0 Å². The van der Waals surface area contributed by atoms with Gasteiger partial charge < -0.3 is 10.5 Å². The van der Waals surface area contributed by atoms with Crippen LogP contribution in [0, 0.1) is 5.92 Å². The van der Waals surface area contributed by atoms with E-state index >= 15 is 0 Å². The molecule has 0 aromatic heterocycles. The van der Waals surface area contributed by atoms with Gasteiger partial charge in [0.15, 0.2) is 0 Å². The third kappa shape index (κ3) is 3.72. The zero-order valence-corrected chi connectivity index (χ0v) is 9.53. The number of ether oxygens (including phenoxy) is 1. The third-order valence-corrected chi connectivity index (χ3v) is 2.07. The SMILES string of the molecule is COCc1cccc(N=C(N)C(C)C)c1. The molecular formula is C12H18N2O. The lowest BCUT2D eigenvalue weighted by molar-refractivity contribution is 0.185. The fourth-order valence-electron chi connectivity index (χ4n) is 1.16. The van der Waals surface area contributed by atoms with Crippen LogP contribution in [0.4, 0.5) is 5.69 Å². The first-order valence-electron chi connectivity index (χ1n) is 5.05. The lowest BCUT2D eigenvalue weighted by Crippen LogP contribution is -2.17. The molecule has 1 aromatic rings. The molecule has 0 aliphatic carbocycles. The van der Waals surface area contributed by atoms with Crippen molar-refractivity contribution in [1.29, 1.82) is 0 Å². The van der Waals surface area contributed by atoms with Crippen LogP contribution in [0.15, 0.2) is 29.3 Å². The van der Waals surface area contributed by atoms with Crippen molar-refractivity contribution in [3.05, 3.63) is 29.8 Å². The number of hydrogen-bond acceptors (Lipinski definition) is 2. The van der Waals surface area contributed by atoms with Crippen molar-refractivity contribution in [2.75, 3.05) is 7.11 Å². The standard InChI is InChI=1S/C12H18N2O/c1-9(2)12(13)14-11-6-4-5-10(7-11)8-15-3/h4-7,9H,8H2,1-3H3,(H2,13,14). The van der Waals surface area contributed by atoms with Gasteiger partial charge in [-0.05, 0) is 17.7 Å². The minimum Gasteiger partial charge on any atom is -0.387 e. The summed E-state index contributed by atoms with van der Waals surface area (Å²) in [5.74, 6) is 0.931. The molecule has 0 spiro atoms. The predicted octanol–water partition coefficient (Wildman–Crippen LogP) is 2.48. The summed E-state index contributed by atoms with van der Waals surface area (Å²) < 4.78 is 5.06. The number of nitrogens with zero attached hydrogens (tertiary/aromatic N) is 1. The largest absolute Gasteiger partial charge is 0.387 e. The number of benzene rings is 1. The van der Waals surface area contributed by atoms with E-state index < -0.39 is 0 Å². The molecule has 15 heavy (non-hydrogen) atoms. The Kier molecular flexibility index (Phi) is 4.31. The van der Waals surface area contributed by atoms with E-state index in [1.54, 1.807) is 7.11 Å². The maximum absolute atomic E-state index is 5.79. The minimum atomic E-state index is 0.274. The van der Waals surface area contributed by atoms with E-state index in [1.165, 1.54) is 0 Å². The van der Waals surface area contributed by atoms with Gasteiger partial charge in [-0.2, -0.15) is 0 Å². The van der Waals surface area contributed by atoms with Crippen molar-refractivity contribution in [3.63, 3.8) is 0 Å². The Bertz CT molecular complexity index is 345. The molecule has 0 saturated heterocycles. The molecule has 3 heteroatoms. The van der Waals surface area contributed by atoms with Crippen molar-refractivity contribution in [1.82, 2.24) is 0 Å². The Morgan fingerprint density at radius 3 is 2.80 bits per heavy atom. The van der Waals surface area contributed by atoms with Crippen molar-refractivity contribution in [3.8, 4) is 0 Å². The molecule has 0 aliphatic heterocycles. The van der Waals surface area contributed by atoms with Gasteiger partial charge in [0.1, 0.15) is 5.84 Å². The number of rotatable bonds is 4.